The lowest BCUT2D eigenvalue weighted by Gasteiger charge is -2.04. The summed E-state index contributed by atoms with van der Waals surface area (Å²) in [7, 11) is -2.23. The van der Waals surface area contributed by atoms with Gasteiger partial charge >= 0.3 is 0 Å². The first-order chi connectivity index (χ1) is 10.4. The third kappa shape index (κ3) is 8.14. The number of Topliss-reactive ketones (excluding diaryl/α,β-unsaturated/α-hetero) is 1. The van der Waals surface area contributed by atoms with Gasteiger partial charge in [0.15, 0.2) is 5.78 Å². The van der Waals surface area contributed by atoms with E-state index in [0.717, 1.165) is 37.9 Å². The van der Waals surface area contributed by atoms with Gasteiger partial charge in [0.25, 0.3) is 10.1 Å². The molecule has 124 valence electrons. The summed E-state index contributed by atoms with van der Waals surface area (Å²) in [6.45, 7) is 0. The van der Waals surface area contributed by atoms with Gasteiger partial charge in [0.2, 0.25) is 0 Å². The number of methoxy groups -OCH3 is 1. The number of ether oxygens (including phenoxy) is 1. The molecule has 0 aliphatic rings. The highest BCUT2D eigenvalue weighted by Crippen LogP contribution is 2.15. The maximum Gasteiger partial charge on any atom is 0.264 e. The van der Waals surface area contributed by atoms with E-state index in [-0.39, 0.29) is 11.5 Å². The zero-order chi connectivity index (χ0) is 16.4. The summed E-state index contributed by atoms with van der Waals surface area (Å²) in [6, 6.07) is 7.11. The number of carbonyl (C=O) groups is 1. The molecule has 1 aromatic carbocycles. The Kier molecular flexibility index (Phi) is 8.12. The Morgan fingerprint density at radius 1 is 1.00 bits per heavy atom. The third-order valence-electron chi connectivity index (χ3n) is 3.47. The van der Waals surface area contributed by atoms with Gasteiger partial charge in [-0.3, -0.25) is 9.35 Å². The van der Waals surface area contributed by atoms with Crippen LogP contribution in [0.3, 0.4) is 0 Å². The zero-order valence-corrected chi connectivity index (χ0v) is 13.8. The van der Waals surface area contributed by atoms with Crippen LogP contribution in [0.25, 0.3) is 0 Å². The maximum absolute atomic E-state index is 12.0. The normalized spacial score (nSPS) is 11.4. The monoisotopic (exact) mass is 328 g/mol. The third-order valence-corrected chi connectivity index (χ3v) is 4.27. The first-order valence-electron chi connectivity index (χ1n) is 7.55. The molecule has 0 radical (unpaired) electrons. The maximum atomic E-state index is 12.0. The van der Waals surface area contributed by atoms with Crippen molar-refractivity contribution in [3.05, 3.63) is 29.8 Å². The van der Waals surface area contributed by atoms with Crippen molar-refractivity contribution in [3.8, 4) is 5.75 Å². The number of hydrogen-bond acceptors (Lipinski definition) is 4. The van der Waals surface area contributed by atoms with Gasteiger partial charge in [-0.15, -0.1) is 0 Å². The smallest absolute Gasteiger partial charge is 0.264 e. The Morgan fingerprint density at radius 3 is 2.09 bits per heavy atom. The summed E-state index contributed by atoms with van der Waals surface area (Å²) in [5, 5.41) is 0. The Morgan fingerprint density at radius 2 is 1.55 bits per heavy atom. The van der Waals surface area contributed by atoms with Gasteiger partial charge in [0.1, 0.15) is 5.75 Å². The van der Waals surface area contributed by atoms with E-state index in [4.69, 9.17) is 9.29 Å². The van der Waals surface area contributed by atoms with Gasteiger partial charge in [-0.25, -0.2) is 0 Å². The van der Waals surface area contributed by atoms with E-state index in [9.17, 15) is 13.2 Å². The minimum atomic E-state index is -3.82. The van der Waals surface area contributed by atoms with E-state index in [2.05, 4.69) is 0 Å². The average Bonchev–Trinajstić information content (AvgIpc) is 2.48. The fraction of sp³-hybridized carbons (Fsp3) is 0.562. The van der Waals surface area contributed by atoms with Crippen molar-refractivity contribution >= 4 is 15.9 Å². The number of hydrogen-bond donors (Lipinski definition) is 1. The van der Waals surface area contributed by atoms with Crippen molar-refractivity contribution in [2.75, 3.05) is 12.9 Å². The molecule has 1 rings (SSSR count). The molecule has 1 aromatic rings. The van der Waals surface area contributed by atoms with Crippen molar-refractivity contribution < 1.29 is 22.5 Å². The molecule has 6 heteroatoms. The lowest BCUT2D eigenvalue weighted by molar-refractivity contribution is 0.0979. The van der Waals surface area contributed by atoms with Crippen LogP contribution in [0.5, 0.6) is 5.75 Å². The van der Waals surface area contributed by atoms with Crippen molar-refractivity contribution in [3.63, 3.8) is 0 Å². The molecule has 0 atom stereocenters. The largest absolute Gasteiger partial charge is 0.497 e. The Bertz CT molecular complexity index is 548. The molecule has 22 heavy (non-hydrogen) atoms. The summed E-state index contributed by atoms with van der Waals surface area (Å²) in [4.78, 5) is 12.0. The summed E-state index contributed by atoms with van der Waals surface area (Å²) in [5.74, 6) is 0.707. The van der Waals surface area contributed by atoms with Crippen LogP contribution in [0.4, 0.5) is 0 Å². The van der Waals surface area contributed by atoms with Crippen LogP contribution in [0.15, 0.2) is 24.3 Å². The van der Waals surface area contributed by atoms with Crippen LogP contribution >= 0.6 is 0 Å². The molecule has 0 heterocycles. The molecule has 0 aliphatic carbocycles. The highest BCUT2D eigenvalue weighted by atomic mass is 32.2. The van der Waals surface area contributed by atoms with Gasteiger partial charge in [-0.2, -0.15) is 8.42 Å². The minimum absolute atomic E-state index is 0.133. The fourth-order valence-electron chi connectivity index (χ4n) is 2.20. The molecule has 0 aromatic heterocycles. The molecular formula is C16H24O5S. The van der Waals surface area contributed by atoms with Crippen molar-refractivity contribution in [2.24, 2.45) is 0 Å². The molecule has 0 spiro atoms. The van der Waals surface area contributed by atoms with Gasteiger partial charge in [-0.1, -0.05) is 25.7 Å². The van der Waals surface area contributed by atoms with E-state index < -0.39 is 10.1 Å². The lowest BCUT2D eigenvalue weighted by atomic mass is 10.0. The minimum Gasteiger partial charge on any atom is -0.497 e. The lowest BCUT2D eigenvalue weighted by Crippen LogP contribution is -2.03. The van der Waals surface area contributed by atoms with Gasteiger partial charge in [0.05, 0.1) is 12.9 Å². The van der Waals surface area contributed by atoms with Crippen LogP contribution in [0.2, 0.25) is 0 Å². The number of benzene rings is 1. The van der Waals surface area contributed by atoms with Crippen LogP contribution in [0, 0.1) is 0 Å². The van der Waals surface area contributed by atoms with Crippen LogP contribution < -0.4 is 4.74 Å². The molecule has 0 fully saturated rings. The number of rotatable bonds is 11. The molecule has 0 amide bonds. The Balaban J connectivity index is 2.10. The van der Waals surface area contributed by atoms with Crippen molar-refractivity contribution in [2.45, 2.75) is 44.9 Å². The second-order valence-electron chi connectivity index (χ2n) is 5.31. The van der Waals surface area contributed by atoms with E-state index >= 15 is 0 Å². The highest BCUT2D eigenvalue weighted by Gasteiger charge is 2.06. The summed E-state index contributed by atoms with van der Waals surface area (Å²) in [5.41, 5.74) is 0.703. The SMILES string of the molecule is COc1ccc(C(=O)CCCCCCCCS(=O)(=O)O)cc1. The second kappa shape index (κ2) is 9.58. The predicted molar refractivity (Wildman–Crippen MR) is 86.1 cm³/mol. The molecule has 0 aliphatic heterocycles. The van der Waals surface area contributed by atoms with E-state index in [1.165, 1.54) is 0 Å². The number of carbonyl (C=O) groups excluding carboxylic acids is 1. The van der Waals surface area contributed by atoms with Crippen molar-refractivity contribution in [1.82, 2.24) is 0 Å². The fourth-order valence-corrected chi connectivity index (χ4v) is 2.77. The summed E-state index contributed by atoms with van der Waals surface area (Å²) in [6.07, 6.45) is 5.48. The molecular weight excluding hydrogens is 304 g/mol. The first-order valence-corrected chi connectivity index (χ1v) is 9.16. The van der Waals surface area contributed by atoms with Gasteiger partial charge in [-0.05, 0) is 37.1 Å². The standard InChI is InChI=1S/C16H24O5S/c1-21-15-11-9-14(10-12-15)16(17)8-6-4-2-3-5-7-13-22(18,19)20/h9-12H,2-8,13H2,1H3,(H,18,19,20). The van der Waals surface area contributed by atoms with E-state index in [1.807, 2.05) is 0 Å². The molecule has 0 unspecified atom stereocenters. The topological polar surface area (TPSA) is 80.7 Å². The summed E-state index contributed by atoms with van der Waals surface area (Å²) < 4.78 is 34.7. The zero-order valence-electron chi connectivity index (χ0n) is 13.0. The van der Waals surface area contributed by atoms with E-state index in [0.29, 0.717) is 18.4 Å². The first kappa shape index (κ1) is 18.6. The molecule has 1 N–H and O–H groups in total. The quantitative estimate of drug-likeness (QED) is 0.382. The number of unbranched alkanes of at least 4 members (excludes halogenated alkanes) is 5. The van der Waals surface area contributed by atoms with E-state index in [1.54, 1.807) is 31.4 Å². The van der Waals surface area contributed by atoms with Crippen molar-refractivity contribution in [1.29, 1.82) is 0 Å². The highest BCUT2D eigenvalue weighted by molar-refractivity contribution is 7.85. The van der Waals surface area contributed by atoms with Crippen LogP contribution in [-0.4, -0.2) is 31.6 Å². The van der Waals surface area contributed by atoms with Gasteiger partial charge in [0, 0.05) is 12.0 Å². The molecule has 0 bridgehead atoms. The molecule has 5 nitrogen and oxygen atoms in total. The average molecular weight is 328 g/mol. The van der Waals surface area contributed by atoms with Gasteiger partial charge < -0.3 is 4.74 Å². The predicted octanol–water partition coefficient (Wildman–Crippen LogP) is 3.50. The second-order valence-corrected chi connectivity index (χ2v) is 6.88. The van der Waals surface area contributed by atoms with Crippen LogP contribution in [-0.2, 0) is 10.1 Å². The Hall–Kier alpha value is -1.40. The molecule has 0 saturated heterocycles. The Labute approximate surface area is 132 Å². The number of ketones is 1. The molecule has 0 saturated carbocycles. The summed E-state index contributed by atoms with van der Waals surface area (Å²) >= 11 is 0. The van der Waals surface area contributed by atoms with Crippen LogP contribution in [0.1, 0.15) is 55.3 Å².